The average Bonchev–Trinajstić information content (AvgIpc) is 3.19. The summed E-state index contributed by atoms with van der Waals surface area (Å²) in [5.74, 6) is 1.04. The van der Waals surface area contributed by atoms with Gasteiger partial charge >= 0.3 is 5.97 Å². The SMILES string of the molecule is COCCOCCOCC(=O)OC12CC=C(O)[C@@H]3Oc4c(OC)ccc5c4C31CCN(C)[C@@H]2C5. The van der Waals surface area contributed by atoms with Crippen LogP contribution in [0.25, 0.3) is 0 Å². The second-order valence-electron chi connectivity index (χ2n) is 9.41. The number of nitrogens with zero attached hydrogens (tertiary/aromatic N) is 1. The number of esters is 1. The van der Waals surface area contributed by atoms with E-state index in [1.807, 2.05) is 6.07 Å². The Balaban J connectivity index is 1.44. The number of carbonyl (C=O) groups excluding carboxylic acids is 1. The number of rotatable bonds is 10. The van der Waals surface area contributed by atoms with Gasteiger partial charge in [-0.1, -0.05) is 6.07 Å². The molecule has 2 aliphatic heterocycles. The van der Waals surface area contributed by atoms with Gasteiger partial charge in [0, 0.05) is 19.1 Å². The maximum absolute atomic E-state index is 13.1. The van der Waals surface area contributed by atoms with Crippen molar-refractivity contribution in [2.45, 2.75) is 42.4 Å². The zero-order valence-corrected chi connectivity index (χ0v) is 20.0. The van der Waals surface area contributed by atoms with Crippen LogP contribution < -0.4 is 9.47 Å². The van der Waals surface area contributed by atoms with Crippen molar-refractivity contribution in [3.05, 3.63) is 35.1 Å². The van der Waals surface area contributed by atoms with Crippen LogP contribution in [0.15, 0.2) is 24.0 Å². The van der Waals surface area contributed by atoms with Gasteiger partial charge in [0.15, 0.2) is 17.6 Å². The van der Waals surface area contributed by atoms with E-state index < -0.39 is 23.1 Å². The van der Waals surface area contributed by atoms with Crippen LogP contribution in [0.2, 0.25) is 0 Å². The first-order chi connectivity index (χ1) is 16.5. The molecule has 2 unspecified atom stereocenters. The molecule has 4 aliphatic rings. The highest BCUT2D eigenvalue weighted by atomic mass is 16.6. The molecule has 1 aromatic carbocycles. The zero-order chi connectivity index (χ0) is 23.9. The van der Waals surface area contributed by atoms with Gasteiger partial charge in [-0.3, -0.25) is 4.90 Å². The fourth-order valence-corrected chi connectivity index (χ4v) is 6.43. The number of ether oxygens (including phenoxy) is 6. The molecule has 2 bridgehead atoms. The Morgan fingerprint density at radius 2 is 2.00 bits per heavy atom. The summed E-state index contributed by atoms with van der Waals surface area (Å²) in [5, 5.41) is 10.9. The van der Waals surface area contributed by atoms with Crippen molar-refractivity contribution in [3.8, 4) is 11.5 Å². The van der Waals surface area contributed by atoms with Crippen LogP contribution in [0.5, 0.6) is 11.5 Å². The Bertz CT molecular complexity index is 980. The van der Waals surface area contributed by atoms with E-state index in [2.05, 4.69) is 18.0 Å². The fourth-order valence-electron chi connectivity index (χ4n) is 6.43. The highest BCUT2D eigenvalue weighted by molar-refractivity contribution is 5.73. The zero-order valence-electron chi connectivity index (χ0n) is 20.0. The molecule has 1 N–H and O–H groups in total. The molecule has 0 radical (unpaired) electrons. The molecular weight excluding hydrogens is 442 g/mol. The van der Waals surface area contributed by atoms with Crippen LogP contribution in [0.3, 0.4) is 0 Å². The third-order valence-electron chi connectivity index (χ3n) is 7.86. The molecule has 186 valence electrons. The number of methoxy groups -OCH3 is 2. The van der Waals surface area contributed by atoms with Crippen LogP contribution in [0.1, 0.15) is 24.0 Å². The van der Waals surface area contributed by atoms with Crippen molar-refractivity contribution >= 4 is 5.97 Å². The van der Waals surface area contributed by atoms with E-state index in [0.29, 0.717) is 44.2 Å². The molecule has 0 aromatic heterocycles. The summed E-state index contributed by atoms with van der Waals surface area (Å²) in [6, 6.07) is 3.94. The summed E-state index contributed by atoms with van der Waals surface area (Å²) >= 11 is 0. The molecule has 1 spiro atoms. The van der Waals surface area contributed by atoms with Crippen molar-refractivity contribution in [1.82, 2.24) is 4.90 Å². The monoisotopic (exact) mass is 475 g/mol. The molecule has 1 aromatic rings. The Morgan fingerprint density at radius 1 is 1.21 bits per heavy atom. The molecule has 9 heteroatoms. The number of aliphatic hydroxyl groups is 1. The molecule has 1 fully saturated rings. The minimum atomic E-state index is -0.878. The summed E-state index contributed by atoms with van der Waals surface area (Å²) < 4.78 is 34.2. The molecule has 9 nitrogen and oxygen atoms in total. The lowest BCUT2D eigenvalue weighted by Gasteiger charge is -2.62. The van der Waals surface area contributed by atoms with Gasteiger partial charge in [-0.15, -0.1) is 0 Å². The van der Waals surface area contributed by atoms with Crippen LogP contribution in [-0.4, -0.2) is 94.6 Å². The maximum Gasteiger partial charge on any atom is 0.332 e. The van der Waals surface area contributed by atoms with E-state index >= 15 is 0 Å². The molecule has 0 amide bonds. The lowest BCUT2D eigenvalue weighted by Crippen LogP contribution is -2.75. The number of likely N-dealkylation sites (N-methyl/N-ethyl adjacent to an activating group) is 1. The smallest absolute Gasteiger partial charge is 0.332 e. The number of hydrogen-bond donors (Lipinski definition) is 1. The minimum Gasteiger partial charge on any atom is -0.509 e. The Labute approximate surface area is 199 Å². The van der Waals surface area contributed by atoms with E-state index in [1.54, 1.807) is 20.3 Å². The predicted octanol–water partition coefficient (Wildman–Crippen LogP) is 1.76. The van der Waals surface area contributed by atoms with Crippen LogP contribution in [0.4, 0.5) is 0 Å². The normalized spacial score (nSPS) is 30.9. The first-order valence-corrected chi connectivity index (χ1v) is 11.8. The standard InChI is InChI=1S/C25H33NO8/c1-26-9-8-24-21-16-4-5-18(30-3)22(21)33-23(24)17(27)6-7-25(24,19(26)14-16)34-20(28)15-32-13-12-31-11-10-29-2/h4-6,19,23,27H,7-15H2,1-3H3/t19-,23+,24?,25?/m1/s1. The predicted molar refractivity (Wildman–Crippen MR) is 121 cm³/mol. The van der Waals surface area contributed by atoms with Crippen LogP contribution >= 0.6 is 0 Å². The van der Waals surface area contributed by atoms with Crippen LogP contribution in [-0.2, 0) is 35.6 Å². The van der Waals surface area contributed by atoms with Gasteiger partial charge in [0.25, 0.3) is 0 Å². The Morgan fingerprint density at radius 3 is 2.79 bits per heavy atom. The quantitative estimate of drug-likeness (QED) is 0.401. The summed E-state index contributed by atoms with van der Waals surface area (Å²) in [6.07, 6.45) is 2.95. The first-order valence-electron chi connectivity index (χ1n) is 11.8. The summed E-state index contributed by atoms with van der Waals surface area (Å²) in [6.45, 7) is 2.30. The van der Waals surface area contributed by atoms with E-state index in [9.17, 15) is 9.90 Å². The lowest BCUT2D eigenvalue weighted by molar-refractivity contribution is -0.208. The summed E-state index contributed by atoms with van der Waals surface area (Å²) in [5.41, 5.74) is 0.609. The molecule has 2 heterocycles. The maximum atomic E-state index is 13.1. The summed E-state index contributed by atoms with van der Waals surface area (Å²) in [7, 11) is 5.30. The van der Waals surface area contributed by atoms with E-state index in [4.69, 9.17) is 28.4 Å². The Hall–Kier alpha value is -2.33. The van der Waals surface area contributed by atoms with Crippen molar-refractivity contribution in [3.63, 3.8) is 0 Å². The van der Waals surface area contributed by atoms with Gasteiger partial charge in [-0.2, -0.15) is 0 Å². The highest BCUT2D eigenvalue weighted by Crippen LogP contribution is 2.66. The number of hydrogen-bond acceptors (Lipinski definition) is 9. The molecule has 1 saturated heterocycles. The second-order valence-corrected chi connectivity index (χ2v) is 9.41. The lowest BCUT2D eigenvalue weighted by atomic mass is 9.50. The third-order valence-corrected chi connectivity index (χ3v) is 7.86. The number of piperidine rings is 1. The number of benzene rings is 1. The largest absolute Gasteiger partial charge is 0.509 e. The average molecular weight is 476 g/mol. The highest BCUT2D eigenvalue weighted by Gasteiger charge is 2.74. The molecule has 5 rings (SSSR count). The fraction of sp³-hybridized carbons (Fsp3) is 0.640. The van der Waals surface area contributed by atoms with E-state index in [-0.39, 0.29) is 25.0 Å². The first kappa shape index (κ1) is 23.4. The van der Waals surface area contributed by atoms with Crippen molar-refractivity contribution < 1.29 is 38.3 Å². The molecule has 34 heavy (non-hydrogen) atoms. The van der Waals surface area contributed by atoms with Crippen molar-refractivity contribution in [2.75, 3.05) is 60.8 Å². The van der Waals surface area contributed by atoms with Gasteiger partial charge in [0.2, 0.25) is 0 Å². The number of aliphatic hydroxyl groups excluding tert-OH is 1. The number of carbonyl (C=O) groups is 1. The topological polar surface area (TPSA) is 95.9 Å². The number of likely N-dealkylation sites (tertiary alicyclic amines) is 1. The molecular formula is C25H33NO8. The molecule has 4 atom stereocenters. The van der Waals surface area contributed by atoms with Gasteiger partial charge in [-0.25, -0.2) is 4.79 Å². The minimum absolute atomic E-state index is 0.0510. The molecule has 0 saturated carbocycles. The van der Waals surface area contributed by atoms with E-state index in [1.165, 1.54) is 0 Å². The summed E-state index contributed by atoms with van der Waals surface area (Å²) in [4.78, 5) is 15.4. The molecule has 2 aliphatic carbocycles. The van der Waals surface area contributed by atoms with Gasteiger partial charge in [0.1, 0.15) is 18.0 Å². The van der Waals surface area contributed by atoms with E-state index in [0.717, 1.165) is 24.1 Å². The van der Waals surface area contributed by atoms with Gasteiger partial charge < -0.3 is 33.5 Å². The van der Waals surface area contributed by atoms with Gasteiger partial charge in [0.05, 0.1) is 45.0 Å². The van der Waals surface area contributed by atoms with Gasteiger partial charge in [-0.05, 0) is 44.1 Å². The van der Waals surface area contributed by atoms with Crippen molar-refractivity contribution in [2.24, 2.45) is 0 Å². The van der Waals surface area contributed by atoms with Crippen molar-refractivity contribution in [1.29, 1.82) is 0 Å². The van der Waals surface area contributed by atoms with Crippen LogP contribution in [0, 0.1) is 0 Å². The third kappa shape index (κ3) is 3.32. The Kier molecular flexibility index (Phi) is 6.22. The second kappa shape index (κ2) is 9.03.